The van der Waals surface area contributed by atoms with Gasteiger partial charge in [0.15, 0.2) is 5.78 Å². The van der Waals surface area contributed by atoms with Gasteiger partial charge in [0.25, 0.3) is 5.91 Å². The van der Waals surface area contributed by atoms with Gasteiger partial charge in [0.1, 0.15) is 11.0 Å². The molecule has 6 unspecified atom stereocenters. The van der Waals surface area contributed by atoms with Crippen LogP contribution in [0.4, 0.5) is 0 Å². The number of nitrogens with one attached hydrogen (secondary N) is 1. The third-order valence-electron chi connectivity index (χ3n) is 9.43. The number of allylic oxidation sites excluding steroid dienone is 5. The number of carbonyl (C=O) groups excluding carboxylic acids is 2. The van der Waals surface area contributed by atoms with E-state index in [-0.39, 0.29) is 22.4 Å². The lowest BCUT2D eigenvalue weighted by Crippen LogP contribution is -2.48. The van der Waals surface area contributed by atoms with Gasteiger partial charge in [0.2, 0.25) is 0 Å². The molecule has 31 heavy (non-hydrogen) atoms. The first kappa shape index (κ1) is 21.4. The quantitative estimate of drug-likeness (QED) is 0.624. The molecule has 5 aliphatic carbocycles. The van der Waals surface area contributed by atoms with E-state index in [1.54, 1.807) is 6.08 Å². The summed E-state index contributed by atoms with van der Waals surface area (Å²) in [5, 5.41) is 0.171. The lowest BCUT2D eigenvalue weighted by molar-refractivity contribution is -0.116. The zero-order valence-corrected chi connectivity index (χ0v) is 19.6. The molecule has 0 saturated heterocycles. The highest BCUT2D eigenvalue weighted by Crippen LogP contribution is 2.65. The molecule has 4 nitrogen and oxygen atoms in total. The molecule has 5 aliphatic rings. The summed E-state index contributed by atoms with van der Waals surface area (Å²) in [5.41, 5.74) is 1.73. The van der Waals surface area contributed by atoms with Crippen molar-refractivity contribution in [3.8, 4) is 0 Å². The Kier molecular flexibility index (Phi) is 5.39. The summed E-state index contributed by atoms with van der Waals surface area (Å²) in [5.74, 6) is 2.60. The maximum absolute atomic E-state index is 12.1. The Bertz CT molecular complexity index is 900. The molecule has 1 amide bonds. The Morgan fingerprint density at radius 1 is 1.16 bits per heavy atom. The summed E-state index contributed by atoms with van der Waals surface area (Å²) in [6, 6.07) is 0. The van der Waals surface area contributed by atoms with Crippen LogP contribution >= 0.6 is 0 Å². The van der Waals surface area contributed by atoms with Crippen LogP contribution in [0.3, 0.4) is 0 Å². The molecule has 3 saturated carbocycles. The summed E-state index contributed by atoms with van der Waals surface area (Å²) in [4.78, 5) is 24.1. The van der Waals surface area contributed by atoms with Crippen molar-refractivity contribution in [2.24, 2.45) is 34.5 Å². The Balaban J connectivity index is 1.27. The fraction of sp³-hybridized carbons (Fsp3) is 0.692. The second kappa shape index (κ2) is 7.83. The largest absolute Gasteiger partial charge is 0.295 e. The average molecular weight is 442 g/mol. The van der Waals surface area contributed by atoms with Gasteiger partial charge in [-0.15, -0.1) is 0 Å². The van der Waals surface area contributed by atoms with Crippen molar-refractivity contribution < 1.29 is 13.8 Å². The molecule has 0 aromatic carbocycles. The second-order valence-electron chi connectivity index (χ2n) is 11.1. The number of carbonyl (C=O) groups is 2. The van der Waals surface area contributed by atoms with Crippen LogP contribution in [0.2, 0.25) is 0 Å². The molecule has 3 fully saturated rings. The minimum atomic E-state index is -1.21. The molecule has 5 rings (SSSR count). The van der Waals surface area contributed by atoms with Crippen LogP contribution in [0, 0.1) is 34.5 Å². The average Bonchev–Trinajstić information content (AvgIpc) is 3.52. The number of rotatable bonds is 5. The molecule has 0 aliphatic heterocycles. The van der Waals surface area contributed by atoms with Crippen LogP contribution in [0.1, 0.15) is 71.6 Å². The van der Waals surface area contributed by atoms with Crippen molar-refractivity contribution in [3.63, 3.8) is 0 Å². The van der Waals surface area contributed by atoms with E-state index < -0.39 is 11.0 Å². The Hall–Kier alpha value is -1.49. The van der Waals surface area contributed by atoms with E-state index in [1.807, 2.05) is 12.2 Å². The molecule has 0 aromatic rings. The van der Waals surface area contributed by atoms with Crippen molar-refractivity contribution in [1.29, 1.82) is 0 Å². The van der Waals surface area contributed by atoms with Crippen LogP contribution in [0.5, 0.6) is 0 Å². The molecule has 0 bridgehead atoms. The highest BCUT2D eigenvalue weighted by Gasteiger charge is 2.57. The predicted octanol–water partition coefficient (Wildman–Crippen LogP) is 4.80. The summed E-state index contributed by atoms with van der Waals surface area (Å²) >= 11 is 0. The van der Waals surface area contributed by atoms with E-state index in [1.165, 1.54) is 31.3 Å². The highest BCUT2D eigenvalue weighted by molar-refractivity contribution is 7.84. The Morgan fingerprint density at radius 2 is 1.97 bits per heavy atom. The molecular weight excluding hydrogens is 406 g/mol. The summed E-state index contributed by atoms with van der Waals surface area (Å²) < 4.78 is 14.5. The number of hydrogen-bond acceptors (Lipinski definition) is 3. The molecule has 0 aromatic heterocycles. The first-order valence-corrected chi connectivity index (χ1v) is 13.3. The fourth-order valence-corrected chi connectivity index (χ4v) is 8.33. The zero-order valence-electron chi connectivity index (χ0n) is 18.8. The maximum atomic E-state index is 12.1. The number of amides is 1. The van der Waals surface area contributed by atoms with Crippen molar-refractivity contribution in [1.82, 2.24) is 4.72 Å². The molecule has 0 spiro atoms. The Morgan fingerprint density at radius 3 is 2.74 bits per heavy atom. The van der Waals surface area contributed by atoms with E-state index in [2.05, 4.69) is 30.7 Å². The third-order valence-corrected chi connectivity index (χ3v) is 10.9. The second-order valence-corrected chi connectivity index (χ2v) is 12.5. The van der Waals surface area contributed by atoms with Gasteiger partial charge in [-0.25, -0.2) is 4.21 Å². The van der Waals surface area contributed by atoms with Gasteiger partial charge in [0.05, 0.1) is 5.25 Å². The van der Waals surface area contributed by atoms with Crippen molar-refractivity contribution >= 4 is 22.7 Å². The SMILES string of the molecule is CC12CCC3C(C=CC4=CC(=O)CC[C@@]43C)C1CCC2C/C=C/C(=O)NS(=O)C1CC1. The minimum Gasteiger partial charge on any atom is -0.295 e. The lowest BCUT2D eigenvalue weighted by atomic mass is 9.48. The molecule has 5 heteroatoms. The fourth-order valence-electron chi connectivity index (χ4n) is 7.33. The first-order valence-electron chi connectivity index (χ1n) is 12.1. The van der Waals surface area contributed by atoms with Crippen molar-refractivity contribution in [2.75, 3.05) is 0 Å². The Labute approximate surface area is 188 Å². The minimum absolute atomic E-state index is 0.155. The molecular formula is C26H35NO3S. The van der Waals surface area contributed by atoms with E-state index in [0.717, 1.165) is 25.7 Å². The lowest BCUT2D eigenvalue weighted by Gasteiger charge is -2.56. The van der Waals surface area contributed by atoms with Crippen LogP contribution in [0.15, 0.2) is 36.0 Å². The summed E-state index contributed by atoms with van der Waals surface area (Å²) in [6.45, 7) is 4.88. The maximum Gasteiger partial charge on any atom is 0.255 e. The van der Waals surface area contributed by atoms with Gasteiger partial charge in [-0.2, -0.15) is 0 Å². The van der Waals surface area contributed by atoms with Crippen LogP contribution < -0.4 is 4.72 Å². The summed E-state index contributed by atoms with van der Waals surface area (Å²) in [7, 11) is -1.21. The smallest absolute Gasteiger partial charge is 0.255 e. The van der Waals surface area contributed by atoms with E-state index >= 15 is 0 Å². The van der Waals surface area contributed by atoms with Crippen molar-refractivity contribution in [2.45, 2.75) is 76.9 Å². The van der Waals surface area contributed by atoms with Gasteiger partial charge in [-0.1, -0.05) is 32.1 Å². The van der Waals surface area contributed by atoms with Crippen LogP contribution in [0.25, 0.3) is 0 Å². The number of hydrogen-bond donors (Lipinski definition) is 1. The third kappa shape index (κ3) is 3.71. The molecule has 1 N–H and O–H groups in total. The number of fused-ring (bicyclic) bond motifs is 5. The van der Waals surface area contributed by atoms with Gasteiger partial charge in [-0.3, -0.25) is 14.3 Å². The van der Waals surface area contributed by atoms with E-state index in [4.69, 9.17) is 0 Å². The van der Waals surface area contributed by atoms with Crippen LogP contribution in [-0.2, 0) is 20.6 Å². The van der Waals surface area contributed by atoms with Crippen molar-refractivity contribution in [3.05, 3.63) is 36.0 Å². The number of ketones is 1. The summed E-state index contributed by atoms with van der Waals surface area (Å²) in [6.07, 6.45) is 19.7. The van der Waals surface area contributed by atoms with Gasteiger partial charge in [0, 0.05) is 6.42 Å². The normalized spacial score (nSPS) is 42.5. The van der Waals surface area contributed by atoms with Gasteiger partial charge >= 0.3 is 0 Å². The standard InChI is InChI=1S/C26H35NO3S/c1-25-15-13-23-21(10-6-18-16-19(28)12-14-26(18,23)2)22(25)11-7-17(25)4-3-5-24(29)27-31(30)20-8-9-20/h3,5-6,10,16-17,20-23H,4,7-9,11-15H2,1-2H3,(H,27,29)/b5-3+/t17?,21?,22?,23?,25?,26-,31?/m0/s1. The topological polar surface area (TPSA) is 63.2 Å². The highest BCUT2D eigenvalue weighted by atomic mass is 32.2. The van der Waals surface area contributed by atoms with Gasteiger partial charge in [-0.05, 0) is 104 Å². The molecule has 7 atom stereocenters. The van der Waals surface area contributed by atoms with E-state index in [0.29, 0.717) is 35.5 Å². The van der Waals surface area contributed by atoms with E-state index in [9.17, 15) is 13.8 Å². The molecule has 0 radical (unpaired) electrons. The predicted molar refractivity (Wildman–Crippen MR) is 123 cm³/mol. The zero-order chi connectivity index (χ0) is 21.8. The van der Waals surface area contributed by atoms with Gasteiger partial charge < -0.3 is 0 Å². The monoisotopic (exact) mass is 441 g/mol. The molecule has 168 valence electrons. The molecule has 0 heterocycles. The van der Waals surface area contributed by atoms with Crippen LogP contribution in [-0.4, -0.2) is 21.1 Å². The first-order chi connectivity index (χ1) is 14.8.